The van der Waals surface area contributed by atoms with Crippen molar-refractivity contribution in [3.63, 3.8) is 0 Å². The number of halogens is 1. The van der Waals surface area contributed by atoms with E-state index in [-0.39, 0.29) is 35.1 Å². The molecular formula is C35H51BrN2O3S. The molecule has 0 radical (unpaired) electrons. The number of ether oxygens (including phenoxy) is 1. The molecule has 1 aliphatic heterocycles. The zero-order valence-electron chi connectivity index (χ0n) is 25.9. The number of nitrogens with one attached hydrogen (secondary N) is 1. The molecule has 0 unspecified atom stereocenters. The second kappa shape index (κ2) is 20.6. The number of amides is 1. The van der Waals surface area contributed by atoms with Crippen molar-refractivity contribution in [2.75, 3.05) is 17.8 Å². The highest BCUT2D eigenvalue weighted by Crippen LogP contribution is 2.26. The number of rotatable bonds is 20. The summed E-state index contributed by atoms with van der Waals surface area (Å²) in [6, 6.07) is 13.5. The SMILES string of the molecule is Br.CCCCCCCCCCCCCCOc1ccc(CC(=O)Nc2cccc(CN3CSC=C3C)c2)cc1C(C)=O. The van der Waals surface area contributed by atoms with Gasteiger partial charge in [-0.1, -0.05) is 95.8 Å². The van der Waals surface area contributed by atoms with E-state index in [0.717, 1.165) is 42.1 Å². The Labute approximate surface area is 269 Å². The van der Waals surface area contributed by atoms with Crippen LogP contribution >= 0.6 is 28.7 Å². The number of benzene rings is 2. The Bertz CT molecular complexity index is 1140. The highest BCUT2D eigenvalue weighted by molar-refractivity contribution is 8.93. The Morgan fingerprint density at radius 3 is 2.17 bits per heavy atom. The van der Waals surface area contributed by atoms with E-state index in [1.807, 2.05) is 30.3 Å². The fourth-order valence-electron chi connectivity index (χ4n) is 5.17. The van der Waals surface area contributed by atoms with Crippen molar-refractivity contribution in [2.45, 2.75) is 111 Å². The number of allylic oxidation sites excluding steroid dienone is 1. The molecule has 0 fully saturated rings. The monoisotopic (exact) mass is 658 g/mol. The van der Waals surface area contributed by atoms with Crippen LogP contribution in [0.1, 0.15) is 119 Å². The van der Waals surface area contributed by atoms with Gasteiger partial charge in [0, 0.05) is 17.9 Å². The van der Waals surface area contributed by atoms with Crippen LogP contribution in [0.2, 0.25) is 0 Å². The number of anilines is 1. The molecule has 232 valence electrons. The van der Waals surface area contributed by atoms with Gasteiger partial charge in [0.2, 0.25) is 5.91 Å². The summed E-state index contributed by atoms with van der Waals surface area (Å²) in [6.45, 7) is 7.37. The fourth-order valence-corrected chi connectivity index (χ4v) is 6.11. The summed E-state index contributed by atoms with van der Waals surface area (Å²) in [7, 11) is 0. The Morgan fingerprint density at radius 2 is 1.55 bits per heavy atom. The molecule has 1 aliphatic rings. The van der Waals surface area contributed by atoms with E-state index < -0.39 is 0 Å². The van der Waals surface area contributed by atoms with Crippen molar-refractivity contribution in [3.8, 4) is 5.75 Å². The Balaban J connectivity index is 0.00000616. The summed E-state index contributed by atoms with van der Waals surface area (Å²) >= 11 is 1.80. The lowest BCUT2D eigenvalue weighted by Crippen LogP contribution is -2.18. The average molecular weight is 660 g/mol. The first-order chi connectivity index (χ1) is 20.0. The number of ketones is 1. The third-order valence-electron chi connectivity index (χ3n) is 7.61. The molecule has 42 heavy (non-hydrogen) atoms. The molecule has 0 aliphatic carbocycles. The number of unbranched alkanes of at least 4 members (excludes halogenated alkanes) is 11. The lowest BCUT2D eigenvalue weighted by atomic mass is 10.0. The van der Waals surface area contributed by atoms with Gasteiger partial charge in [-0.15, -0.1) is 28.7 Å². The maximum atomic E-state index is 12.8. The molecule has 1 amide bonds. The third-order valence-corrected chi connectivity index (χ3v) is 8.58. The quantitative estimate of drug-likeness (QED) is 0.113. The van der Waals surface area contributed by atoms with Crippen LogP contribution in [0.15, 0.2) is 53.6 Å². The smallest absolute Gasteiger partial charge is 0.228 e. The van der Waals surface area contributed by atoms with Crippen LogP contribution in [0.5, 0.6) is 5.75 Å². The van der Waals surface area contributed by atoms with Gasteiger partial charge in [0.15, 0.2) is 5.78 Å². The van der Waals surface area contributed by atoms with Crippen molar-refractivity contribution < 1.29 is 14.3 Å². The summed E-state index contributed by atoms with van der Waals surface area (Å²) in [5.41, 5.74) is 4.56. The number of nitrogens with zero attached hydrogens (tertiary/aromatic N) is 1. The molecule has 1 heterocycles. The van der Waals surface area contributed by atoms with Crippen LogP contribution in [0.4, 0.5) is 5.69 Å². The second-order valence-corrected chi connectivity index (χ2v) is 12.1. The number of hydrogen-bond acceptors (Lipinski definition) is 5. The molecule has 0 atom stereocenters. The molecule has 0 aromatic heterocycles. The van der Waals surface area contributed by atoms with E-state index in [9.17, 15) is 9.59 Å². The number of hydrogen-bond donors (Lipinski definition) is 1. The van der Waals surface area contributed by atoms with E-state index in [4.69, 9.17) is 4.74 Å². The number of carbonyl (C=O) groups excluding carboxylic acids is 2. The molecule has 2 aromatic carbocycles. The minimum absolute atomic E-state index is 0. The first-order valence-corrected chi connectivity index (χ1v) is 16.7. The van der Waals surface area contributed by atoms with Crippen molar-refractivity contribution in [1.82, 2.24) is 4.90 Å². The molecule has 0 saturated heterocycles. The maximum Gasteiger partial charge on any atom is 0.228 e. The second-order valence-electron chi connectivity index (χ2n) is 11.3. The number of Topliss-reactive ketones (excluding diaryl/α,β-unsaturated/α-hetero) is 1. The minimum Gasteiger partial charge on any atom is -0.493 e. The molecule has 7 heteroatoms. The van der Waals surface area contributed by atoms with Gasteiger partial charge < -0.3 is 15.0 Å². The first kappa shape index (κ1) is 35.9. The molecule has 5 nitrogen and oxygen atoms in total. The molecule has 2 aromatic rings. The van der Waals surface area contributed by atoms with Crippen LogP contribution in [-0.4, -0.2) is 29.1 Å². The topological polar surface area (TPSA) is 58.6 Å². The van der Waals surface area contributed by atoms with Crippen molar-refractivity contribution in [2.24, 2.45) is 0 Å². The lowest BCUT2D eigenvalue weighted by molar-refractivity contribution is -0.115. The zero-order valence-corrected chi connectivity index (χ0v) is 28.5. The standard InChI is InChI=1S/C35H50N2O3S.BrH/c1-4-5-6-7-8-9-10-11-12-13-14-15-21-40-34-20-19-30(23-33(34)29(3)38)24-35(39)36-32-18-16-17-31(22-32)25-37-27-41-26-28(37)2;/h16-20,22-23,26H,4-15,21,24-25,27H2,1-3H3,(H,36,39);1H. The largest absolute Gasteiger partial charge is 0.493 e. The maximum absolute atomic E-state index is 12.8. The summed E-state index contributed by atoms with van der Waals surface area (Å²) in [6.07, 6.45) is 15.8. The van der Waals surface area contributed by atoms with Gasteiger partial charge in [-0.3, -0.25) is 9.59 Å². The highest BCUT2D eigenvalue weighted by Gasteiger charge is 2.14. The van der Waals surface area contributed by atoms with Gasteiger partial charge in [-0.05, 0) is 61.1 Å². The van der Waals surface area contributed by atoms with Gasteiger partial charge in [0.05, 0.1) is 24.5 Å². The first-order valence-electron chi connectivity index (χ1n) is 15.6. The molecule has 0 spiro atoms. The van der Waals surface area contributed by atoms with Crippen LogP contribution in [-0.2, 0) is 17.8 Å². The zero-order chi connectivity index (χ0) is 29.3. The Kier molecular flexibility index (Phi) is 17.6. The Morgan fingerprint density at radius 1 is 0.881 bits per heavy atom. The number of thioether (sulfide) groups is 1. The molecule has 0 bridgehead atoms. The van der Waals surface area contributed by atoms with E-state index in [1.54, 1.807) is 24.8 Å². The van der Waals surface area contributed by atoms with E-state index >= 15 is 0 Å². The van der Waals surface area contributed by atoms with Gasteiger partial charge in [-0.25, -0.2) is 0 Å². The van der Waals surface area contributed by atoms with Crippen molar-refractivity contribution in [3.05, 3.63) is 70.3 Å². The van der Waals surface area contributed by atoms with Crippen LogP contribution < -0.4 is 10.1 Å². The minimum atomic E-state index is -0.102. The third kappa shape index (κ3) is 13.4. The summed E-state index contributed by atoms with van der Waals surface area (Å²) < 4.78 is 5.99. The molecule has 3 rings (SSSR count). The lowest BCUT2D eigenvalue weighted by Gasteiger charge is -2.19. The summed E-state index contributed by atoms with van der Waals surface area (Å²) in [5.74, 6) is 1.42. The number of carbonyl (C=O) groups is 2. The van der Waals surface area contributed by atoms with Gasteiger partial charge >= 0.3 is 0 Å². The predicted octanol–water partition coefficient (Wildman–Crippen LogP) is 10.1. The molecular weight excluding hydrogens is 608 g/mol. The highest BCUT2D eigenvalue weighted by atomic mass is 79.9. The normalized spacial score (nSPS) is 12.5. The van der Waals surface area contributed by atoms with E-state index in [0.29, 0.717) is 17.9 Å². The predicted molar refractivity (Wildman–Crippen MR) is 184 cm³/mol. The fraction of sp³-hybridized carbons (Fsp3) is 0.543. The molecule has 1 N–H and O–H groups in total. The average Bonchev–Trinajstić information content (AvgIpc) is 3.35. The van der Waals surface area contributed by atoms with Gasteiger partial charge in [0.1, 0.15) is 5.75 Å². The van der Waals surface area contributed by atoms with Crippen molar-refractivity contribution in [1.29, 1.82) is 0 Å². The van der Waals surface area contributed by atoms with Gasteiger partial charge in [0.25, 0.3) is 0 Å². The van der Waals surface area contributed by atoms with Gasteiger partial charge in [-0.2, -0.15) is 0 Å². The van der Waals surface area contributed by atoms with Crippen LogP contribution in [0.3, 0.4) is 0 Å². The van der Waals surface area contributed by atoms with Crippen LogP contribution in [0.25, 0.3) is 0 Å². The Hall–Kier alpha value is -2.25. The van der Waals surface area contributed by atoms with E-state index in [2.05, 4.69) is 35.5 Å². The molecule has 0 saturated carbocycles. The van der Waals surface area contributed by atoms with E-state index in [1.165, 1.54) is 69.9 Å². The summed E-state index contributed by atoms with van der Waals surface area (Å²) in [4.78, 5) is 27.5. The summed E-state index contributed by atoms with van der Waals surface area (Å²) in [5, 5.41) is 5.19. The van der Waals surface area contributed by atoms with Crippen molar-refractivity contribution >= 4 is 46.1 Å². The van der Waals surface area contributed by atoms with Crippen LogP contribution in [0, 0.1) is 0 Å².